The van der Waals surface area contributed by atoms with Crippen LogP contribution >= 0.6 is 0 Å². The first-order valence-electron chi connectivity index (χ1n) is 5.54. The Balaban J connectivity index is 2.18. The molecule has 0 saturated carbocycles. The van der Waals surface area contributed by atoms with Gasteiger partial charge in [-0.3, -0.25) is 0 Å². The van der Waals surface area contributed by atoms with Crippen molar-refractivity contribution in [1.29, 1.82) is 0 Å². The second-order valence-corrected chi connectivity index (χ2v) is 4.04. The lowest BCUT2D eigenvalue weighted by Crippen LogP contribution is -1.99. The molecule has 0 saturated heterocycles. The number of rotatable bonds is 3. The molecule has 2 rings (SSSR count). The summed E-state index contributed by atoms with van der Waals surface area (Å²) in [5, 5.41) is 3.25. The number of hydrogen-bond donors (Lipinski definition) is 2. The first kappa shape index (κ1) is 11.3. The van der Waals surface area contributed by atoms with Crippen molar-refractivity contribution in [3.05, 3.63) is 66.2 Å². The van der Waals surface area contributed by atoms with Gasteiger partial charge in [-0.1, -0.05) is 36.9 Å². The Morgan fingerprint density at radius 2 is 1.82 bits per heavy atom. The summed E-state index contributed by atoms with van der Waals surface area (Å²) in [5.74, 6) is 0. The van der Waals surface area contributed by atoms with E-state index in [4.69, 9.17) is 5.73 Å². The third-order valence-corrected chi connectivity index (χ3v) is 2.70. The van der Waals surface area contributed by atoms with Gasteiger partial charge in [0.25, 0.3) is 0 Å². The van der Waals surface area contributed by atoms with Gasteiger partial charge in [0.1, 0.15) is 0 Å². The molecule has 0 radical (unpaired) electrons. The van der Waals surface area contributed by atoms with Crippen LogP contribution in [0.4, 0.5) is 11.4 Å². The highest BCUT2D eigenvalue weighted by molar-refractivity contribution is 5.76. The predicted octanol–water partition coefficient (Wildman–Crippen LogP) is 3.66. The molecule has 0 heterocycles. The average Bonchev–Trinajstić information content (AvgIpc) is 2.34. The number of nitrogen functional groups attached to an aromatic ring is 1. The van der Waals surface area contributed by atoms with Crippen LogP contribution in [0.15, 0.2) is 55.1 Å². The van der Waals surface area contributed by atoms with E-state index in [1.54, 1.807) is 0 Å². The molecule has 0 aliphatic heterocycles. The number of nitrogens with one attached hydrogen (secondary N) is 1. The smallest absolute Gasteiger partial charge is 0.0385 e. The normalized spacial score (nSPS) is 9.94. The van der Waals surface area contributed by atoms with Crippen LogP contribution in [0.5, 0.6) is 0 Å². The van der Waals surface area contributed by atoms with Crippen molar-refractivity contribution in [3.8, 4) is 0 Å². The van der Waals surface area contributed by atoms with Crippen LogP contribution in [0.2, 0.25) is 0 Å². The molecule has 0 atom stereocenters. The van der Waals surface area contributed by atoms with Gasteiger partial charge in [0.2, 0.25) is 0 Å². The molecule has 0 aliphatic carbocycles. The molecule has 0 bridgehead atoms. The third-order valence-electron chi connectivity index (χ3n) is 2.70. The molecule has 0 fully saturated rings. The van der Waals surface area contributed by atoms with E-state index in [1.807, 2.05) is 55.5 Å². The van der Waals surface area contributed by atoms with Crippen LogP contribution in [0.3, 0.4) is 0 Å². The van der Waals surface area contributed by atoms with Crippen molar-refractivity contribution in [3.63, 3.8) is 0 Å². The van der Waals surface area contributed by atoms with E-state index in [2.05, 4.69) is 11.9 Å². The van der Waals surface area contributed by atoms with Crippen LogP contribution in [0, 0.1) is 6.92 Å². The number of aryl methyl sites for hydroxylation is 1. The van der Waals surface area contributed by atoms with E-state index in [9.17, 15) is 0 Å². The largest absolute Gasteiger partial charge is 0.398 e. The molecular formula is C15H16N2. The number of anilines is 2. The summed E-state index contributed by atoms with van der Waals surface area (Å²) < 4.78 is 0. The van der Waals surface area contributed by atoms with Crippen LogP contribution in [0.25, 0.3) is 5.70 Å². The van der Waals surface area contributed by atoms with E-state index in [0.29, 0.717) is 0 Å². The van der Waals surface area contributed by atoms with Crippen LogP contribution in [-0.2, 0) is 0 Å². The van der Waals surface area contributed by atoms with Crippen LogP contribution in [0.1, 0.15) is 11.1 Å². The summed E-state index contributed by atoms with van der Waals surface area (Å²) in [5.41, 5.74) is 10.6. The number of nitrogens with two attached hydrogens (primary N) is 1. The van der Waals surface area contributed by atoms with Crippen molar-refractivity contribution >= 4 is 17.1 Å². The van der Waals surface area contributed by atoms with Gasteiger partial charge in [0.15, 0.2) is 0 Å². The Morgan fingerprint density at radius 1 is 1.12 bits per heavy atom. The van der Waals surface area contributed by atoms with E-state index in [1.165, 1.54) is 0 Å². The first-order chi connectivity index (χ1) is 8.16. The van der Waals surface area contributed by atoms with Crippen molar-refractivity contribution in [2.24, 2.45) is 0 Å². The zero-order chi connectivity index (χ0) is 12.3. The van der Waals surface area contributed by atoms with Gasteiger partial charge in [-0.2, -0.15) is 0 Å². The fraction of sp³-hybridized carbons (Fsp3) is 0.0667. The fourth-order valence-corrected chi connectivity index (χ4v) is 1.60. The predicted molar refractivity (Wildman–Crippen MR) is 74.7 cm³/mol. The van der Waals surface area contributed by atoms with Crippen molar-refractivity contribution in [2.75, 3.05) is 11.1 Å². The Bertz CT molecular complexity index is 530. The minimum Gasteiger partial charge on any atom is -0.398 e. The third kappa shape index (κ3) is 2.67. The first-order valence-corrected chi connectivity index (χ1v) is 5.54. The van der Waals surface area contributed by atoms with Gasteiger partial charge >= 0.3 is 0 Å². The average molecular weight is 224 g/mol. The zero-order valence-corrected chi connectivity index (χ0v) is 9.90. The summed E-state index contributed by atoms with van der Waals surface area (Å²) in [7, 11) is 0. The van der Waals surface area contributed by atoms with Crippen molar-refractivity contribution < 1.29 is 0 Å². The summed E-state index contributed by atoms with van der Waals surface area (Å²) in [6.45, 7) is 6.02. The summed E-state index contributed by atoms with van der Waals surface area (Å²) >= 11 is 0. The Morgan fingerprint density at radius 3 is 2.47 bits per heavy atom. The molecule has 0 spiro atoms. The van der Waals surface area contributed by atoms with E-state index >= 15 is 0 Å². The standard InChI is InChI=1S/C15H16N2/c1-11-8-9-13(10-15(11)16)12(2)17-14-6-4-3-5-7-14/h3-10,17H,2,16H2,1H3. The van der Waals surface area contributed by atoms with Gasteiger partial charge in [-0.25, -0.2) is 0 Å². The maximum Gasteiger partial charge on any atom is 0.0385 e. The van der Waals surface area contributed by atoms with E-state index in [-0.39, 0.29) is 0 Å². The van der Waals surface area contributed by atoms with Gasteiger partial charge < -0.3 is 11.1 Å². The minimum absolute atomic E-state index is 0.790. The Kier molecular flexibility index (Phi) is 3.15. The second-order valence-electron chi connectivity index (χ2n) is 4.04. The molecule has 3 N–H and O–H groups in total. The monoisotopic (exact) mass is 224 g/mol. The highest BCUT2D eigenvalue weighted by atomic mass is 14.9. The second kappa shape index (κ2) is 4.74. The van der Waals surface area contributed by atoms with Crippen molar-refractivity contribution in [2.45, 2.75) is 6.92 Å². The maximum absolute atomic E-state index is 5.88. The van der Waals surface area contributed by atoms with Gasteiger partial charge in [-0.05, 0) is 36.2 Å². The van der Waals surface area contributed by atoms with Crippen LogP contribution in [-0.4, -0.2) is 0 Å². The molecule has 0 amide bonds. The highest BCUT2D eigenvalue weighted by Gasteiger charge is 2.01. The van der Waals surface area contributed by atoms with Gasteiger partial charge in [0.05, 0.1) is 0 Å². The number of para-hydroxylation sites is 1. The molecule has 2 heteroatoms. The van der Waals surface area contributed by atoms with Crippen molar-refractivity contribution in [1.82, 2.24) is 0 Å². The summed E-state index contributed by atoms with van der Waals surface area (Å²) in [6.07, 6.45) is 0. The quantitative estimate of drug-likeness (QED) is 0.781. The molecule has 17 heavy (non-hydrogen) atoms. The van der Waals surface area contributed by atoms with Gasteiger partial charge in [0, 0.05) is 17.1 Å². The molecule has 2 aromatic rings. The minimum atomic E-state index is 0.790. The lowest BCUT2D eigenvalue weighted by molar-refractivity contribution is 1.44. The SMILES string of the molecule is C=C(Nc1ccccc1)c1ccc(C)c(N)c1. The molecular weight excluding hydrogens is 208 g/mol. The lowest BCUT2D eigenvalue weighted by atomic mass is 10.1. The lowest BCUT2D eigenvalue weighted by Gasteiger charge is -2.11. The Hall–Kier alpha value is -2.22. The summed E-state index contributed by atoms with van der Waals surface area (Å²) in [4.78, 5) is 0. The molecule has 0 aliphatic rings. The molecule has 86 valence electrons. The Labute approximate surface area is 102 Å². The number of benzene rings is 2. The zero-order valence-electron chi connectivity index (χ0n) is 9.90. The van der Waals surface area contributed by atoms with Crippen LogP contribution < -0.4 is 11.1 Å². The summed E-state index contributed by atoms with van der Waals surface area (Å²) in [6, 6.07) is 15.9. The van der Waals surface area contributed by atoms with Gasteiger partial charge in [-0.15, -0.1) is 0 Å². The highest BCUT2D eigenvalue weighted by Crippen LogP contribution is 2.20. The molecule has 2 aromatic carbocycles. The molecule has 0 unspecified atom stereocenters. The van der Waals surface area contributed by atoms with E-state index in [0.717, 1.165) is 28.2 Å². The van der Waals surface area contributed by atoms with E-state index < -0.39 is 0 Å². The topological polar surface area (TPSA) is 38.0 Å². The fourth-order valence-electron chi connectivity index (χ4n) is 1.60. The molecule has 2 nitrogen and oxygen atoms in total. The molecule has 0 aromatic heterocycles. The number of hydrogen-bond acceptors (Lipinski definition) is 2. The maximum atomic E-state index is 5.88.